The van der Waals surface area contributed by atoms with E-state index in [0.29, 0.717) is 11.3 Å². The maximum absolute atomic E-state index is 12.5. The minimum Gasteiger partial charge on any atom is -0.468 e. The highest BCUT2D eigenvalue weighted by atomic mass is 32.1. The lowest BCUT2D eigenvalue weighted by Crippen LogP contribution is -2.13. The van der Waals surface area contributed by atoms with E-state index in [0.717, 1.165) is 32.2 Å². The van der Waals surface area contributed by atoms with Crippen LogP contribution in [0.25, 0.3) is 20.8 Å². The quantitative estimate of drug-likeness (QED) is 0.447. The van der Waals surface area contributed by atoms with Crippen LogP contribution in [-0.4, -0.2) is 36.9 Å². The van der Waals surface area contributed by atoms with E-state index in [-0.39, 0.29) is 12.7 Å². The van der Waals surface area contributed by atoms with Gasteiger partial charge in [0.15, 0.2) is 6.79 Å². The smallest absolute Gasteiger partial charge is 0.255 e. The number of nitrogens with one attached hydrogen (secondary N) is 1. The number of nitrogens with zero attached hydrogens (tertiary/aromatic N) is 2. The molecule has 0 radical (unpaired) electrons. The molecule has 2 N–H and O–H groups in total. The van der Waals surface area contributed by atoms with Crippen LogP contribution < -0.4 is 15.0 Å². The van der Waals surface area contributed by atoms with Gasteiger partial charge in [0.1, 0.15) is 10.8 Å². The highest BCUT2D eigenvalue weighted by molar-refractivity contribution is 7.21. The average Bonchev–Trinajstić information content (AvgIpc) is 3.18. The molecule has 7 heteroatoms. The number of carbonyl (C=O) groups excluding carboxylic acids is 1. The highest BCUT2D eigenvalue weighted by Crippen LogP contribution is 2.32. The van der Waals surface area contributed by atoms with E-state index < -0.39 is 0 Å². The van der Waals surface area contributed by atoms with Crippen molar-refractivity contribution in [3.05, 3.63) is 72.3 Å². The Morgan fingerprint density at radius 2 is 1.80 bits per heavy atom. The third kappa shape index (κ3) is 4.27. The molecular formula is C23H21N3O3S. The Balaban J connectivity index is 1.48. The van der Waals surface area contributed by atoms with Crippen LogP contribution in [0.2, 0.25) is 0 Å². The molecule has 6 nitrogen and oxygen atoms in total. The Morgan fingerprint density at radius 3 is 2.47 bits per heavy atom. The SMILES string of the molecule is CN(C)c1ccc(C(=O)Nc2ccc(-c3nc4ccc(OCO)cc4s3)cc2)cc1. The van der Waals surface area contributed by atoms with Gasteiger partial charge >= 0.3 is 0 Å². The zero-order valence-electron chi connectivity index (χ0n) is 16.6. The van der Waals surface area contributed by atoms with Crippen molar-refractivity contribution in [1.29, 1.82) is 0 Å². The van der Waals surface area contributed by atoms with E-state index in [1.807, 2.05) is 79.7 Å². The van der Waals surface area contributed by atoms with Gasteiger partial charge in [0.05, 0.1) is 10.2 Å². The molecule has 152 valence electrons. The Labute approximate surface area is 178 Å². The molecule has 0 saturated carbocycles. The number of rotatable bonds is 6. The van der Waals surface area contributed by atoms with E-state index in [1.54, 1.807) is 17.4 Å². The molecule has 1 aromatic heterocycles. The van der Waals surface area contributed by atoms with Crippen LogP contribution in [0.1, 0.15) is 10.4 Å². The predicted octanol–water partition coefficient (Wildman–Crippen LogP) is 4.61. The summed E-state index contributed by atoms with van der Waals surface area (Å²) < 4.78 is 6.11. The number of anilines is 2. The first-order chi connectivity index (χ1) is 14.5. The van der Waals surface area contributed by atoms with E-state index in [4.69, 9.17) is 9.84 Å². The van der Waals surface area contributed by atoms with Gasteiger partial charge in [-0.15, -0.1) is 11.3 Å². The Morgan fingerprint density at radius 1 is 1.07 bits per heavy atom. The van der Waals surface area contributed by atoms with Crippen LogP contribution in [0.3, 0.4) is 0 Å². The second-order valence-electron chi connectivity index (χ2n) is 6.89. The van der Waals surface area contributed by atoms with Gasteiger partial charge in [0.25, 0.3) is 5.91 Å². The maximum Gasteiger partial charge on any atom is 0.255 e. The number of benzene rings is 3. The van der Waals surface area contributed by atoms with Crippen molar-refractivity contribution in [3.63, 3.8) is 0 Å². The van der Waals surface area contributed by atoms with Gasteiger partial charge in [0, 0.05) is 36.6 Å². The fraction of sp³-hybridized carbons (Fsp3) is 0.130. The first kappa shape index (κ1) is 19.9. The van der Waals surface area contributed by atoms with Gasteiger partial charge in [-0.05, 0) is 66.7 Å². The van der Waals surface area contributed by atoms with Gasteiger partial charge in [-0.3, -0.25) is 4.79 Å². The van der Waals surface area contributed by atoms with Crippen molar-refractivity contribution in [1.82, 2.24) is 4.98 Å². The second-order valence-corrected chi connectivity index (χ2v) is 7.93. The third-order valence-corrected chi connectivity index (χ3v) is 5.69. The summed E-state index contributed by atoms with van der Waals surface area (Å²) in [7, 11) is 3.92. The van der Waals surface area contributed by atoms with Gasteiger partial charge in [0.2, 0.25) is 0 Å². The lowest BCUT2D eigenvalue weighted by molar-refractivity contribution is 0.0986. The summed E-state index contributed by atoms with van der Waals surface area (Å²) in [4.78, 5) is 19.1. The second kappa shape index (κ2) is 8.52. The number of hydrogen-bond acceptors (Lipinski definition) is 6. The fourth-order valence-electron chi connectivity index (χ4n) is 3.00. The molecule has 0 fully saturated rings. The summed E-state index contributed by atoms with van der Waals surface area (Å²) in [6, 6.07) is 20.6. The number of carbonyl (C=O) groups is 1. The fourth-order valence-corrected chi connectivity index (χ4v) is 4.00. The van der Waals surface area contributed by atoms with Crippen LogP contribution in [0.4, 0.5) is 11.4 Å². The van der Waals surface area contributed by atoms with Crippen LogP contribution >= 0.6 is 11.3 Å². The molecule has 0 saturated heterocycles. The van der Waals surface area contributed by atoms with E-state index >= 15 is 0 Å². The Hall–Kier alpha value is -3.42. The number of aliphatic hydroxyl groups is 1. The van der Waals surface area contributed by atoms with Gasteiger partial charge < -0.3 is 20.1 Å². The van der Waals surface area contributed by atoms with Crippen molar-refractivity contribution in [2.24, 2.45) is 0 Å². The maximum atomic E-state index is 12.5. The van der Waals surface area contributed by atoms with Crippen LogP contribution in [0.5, 0.6) is 5.75 Å². The molecule has 4 rings (SSSR count). The summed E-state index contributed by atoms with van der Waals surface area (Å²) in [6.45, 7) is -0.357. The normalized spacial score (nSPS) is 10.8. The number of ether oxygens (including phenoxy) is 1. The minimum absolute atomic E-state index is 0.149. The summed E-state index contributed by atoms with van der Waals surface area (Å²) in [6.07, 6.45) is 0. The van der Waals surface area contributed by atoms with Crippen molar-refractivity contribution >= 4 is 38.8 Å². The van der Waals surface area contributed by atoms with Crippen LogP contribution in [0.15, 0.2) is 66.7 Å². The minimum atomic E-state index is -0.357. The molecule has 0 aliphatic rings. The Bertz CT molecular complexity index is 1170. The van der Waals surface area contributed by atoms with Crippen molar-refractivity contribution in [3.8, 4) is 16.3 Å². The van der Waals surface area contributed by atoms with Crippen molar-refractivity contribution < 1.29 is 14.6 Å². The highest BCUT2D eigenvalue weighted by Gasteiger charge is 2.10. The molecule has 30 heavy (non-hydrogen) atoms. The topological polar surface area (TPSA) is 74.7 Å². The first-order valence-electron chi connectivity index (χ1n) is 9.37. The summed E-state index contributed by atoms with van der Waals surface area (Å²) in [5, 5.41) is 12.7. The molecule has 0 unspecified atom stereocenters. The molecular weight excluding hydrogens is 398 g/mol. The lowest BCUT2D eigenvalue weighted by atomic mass is 10.1. The van der Waals surface area contributed by atoms with Crippen LogP contribution in [0, 0.1) is 0 Å². The number of hydrogen-bond donors (Lipinski definition) is 2. The predicted molar refractivity (Wildman–Crippen MR) is 121 cm³/mol. The largest absolute Gasteiger partial charge is 0.468 e. The number of aromatic nitrogens is 1. The lowest BCUT2D eigenvalue weighted by Gasteiger charge is -2.12. The van der Waals surface area contributed by atoms with Crippen LogP contribution in [-0.2, 0) is 0 Å². The van der Waals surface area contributed by atoms with Crippen molar-refractivity contribution in [2.75, 3.05) is 31.1 Å². The average molecular weight is 420 g/mol. The molecule has 4 aromatic rings. The van der Waals surface area contributed by atoms with Gasteiger partial charge in [-0.2, -0.15) is 0 Å². The zero-order chi connectivity index (χ0) is 21.1. The third-order valence-electron chi connectivity index (χ3n) is 4.63. The zero-order valence-corrected chi connectivity index (χ0v) is 17.4. The molecule has 1 amide bonds. The standard InChI is InChI=1S/C23H21N3O3S/c1-26(2)18-9-5-15(6-10-18)22(28)24-17-7-3-16(4-8-17)23-25-20-12-11-19(29-14-27)13-21(20)30-23/h3-13,27H,14H2,1-2H3,(H,24,28). The number of aliphatic hydroxyl groups excluding tert-OH is 1. The van der Waals surface area contributed by atoms with E-state index in [2.05, 4.69) is 10.3 Å². The number of fused-ring (bicyclic) bond motifs is 1. The van der Waals surface area contributed by atoms with Gasteiger partial charge in [-0.25, -0.2) is 4.98 Å². The molecule has 0 aliphatic heterocycles. The van der Waals surface area contributed by atoms with E-state index in [9.17, 15) is 4.79 Å². The monoisotopic (exact) mass is 419 g/mol. The molecule has 0 aliphatic carbocycles. The number of thiazole rings is 1. The first-order valence-corrected chi connectivity index (χ1v) is 10.2. The summed E-state index contributed by atoms with van der Waals surface area (Å²) >= 11 is 1.55. The van der Waals surface area contributed by atoms with Crippen molar-refractivity contribution in [2.45, 2.75) is 0 Å². The molecule has 0 bridgehead atoms. The molecule has 1 heterocycles. The number of amides is 1. The van der Waals surface area contributed by atoms with Gasteiger partial charge in [-0.1, -0.05) is 0 Å². The summed E-state index contributed by atoms with van der Waals surface area (Å²) in [5.41, 5.74) is 4.21. The molecule has 3 aromatic carbocycles. The Kier molecular flexibility index (Phi) is 5.65. The molecule has 0 atom stereocenters. The van der Waals surface area contributed by atoms with E-state index in [1.165, 1.54) is 0 Å². The summed E-state index contributed by atoms with van der Waals surface area (Å²) in [5.74, 6) is 0.460. The molecule has 0 spiro atoms.